The fraction of sp³-hybridized carbons (Fsp3) is 0.727. The van der Waals surface area contributed by atoms with Crippen molar-refractivity contribution < 1.29 is 0 Å². The summed E-state index contributed by atoms with van der Waals surface area (Å²) in [6.45, 7) is 3.13. The normalized spacial score (nSPS) is 12.5. The maximum atomic E-state index is 4.08. The van der Waals surface area contributed by atoms with Crippen molar-refractivity contribution in [2.75, 3.05) is 11.9 Å². The van der Waals surface area contributed by atoms with Gasteiger partial charge in [-0.05, 0) is 0 Å². The minimum atomic E-state index is 0.397. The van der Waals surface area contributed by atoms with Crippen LogP contribution < -0.4 is 5.32 Å². The quantitative estimate of drug-likeness (QED) is 0.389. The van der Waals surface area contributed by atoms with Crippen LogP contribution in [0.1, 0.15) is 39.0 Å². The van der Waals surface area contributed by atoms with Crippen molar-refractivity contribution in [3.8, 4) is 0 Å². The van der Waals surface area contributed by atoms with E-state index in [1.807, 2.05) is 0 Å². The van der Waals surface area contributed by atoms with Gasteiger partial charge in [-0.25, -0.2) is 0 Å². The van der Waals surface area contributed by atoms with Gasteiger partial charge in [0, 0.05) is 0 Å². The average Bonchev–Trinajstić information content (AvgIpc) is 2.32. The second kappa shape index (κ2) is 9.08. The van der Waals surface area contributed by atoms with Crippen LogP contribution in [-0.4, -0.2) is 39.2 Å². The molecule has 0 aromatic carbocycles. The van der Waals surface area contributed by atoms with Crippen molar-refractivity contribution in [1.29, 1.82) is 0 Å². The third kappa shape index (κ3) is 6.88. The van der Waals surface area contributed by atoms with Crippen LogP contribution in [0.3, 0.4) is 0 Å². The fourth-order valence-corrected chi connectivity index (χ4v) is 2.09. The van der Waals surface area contributed by atoms with E-state index in [4.69, 9.17) is 0 Å². The first-order valence-corrected chi connectivity index (χ1v) is 7.39. The summed E-state index contributed by atoms with van der Waals surface area (Å²) in [6, 6.07) is 0. The van der Waals surface area contributed by atoms with Gasteiger partial charge >= 0.3 is 130 Å². The Kier molecular flexibility index (Phi) is 8.15. The molecule has 1 heterocycles. The zero-order valence-corrected chi connectivity index (χ0v) is 12.8. The monoisotopic (exact) mass is 278 g/mol. The molecule has 4 nitrogen and oxygen atoms in total. The van der Waals surface area contributed by atoms with Crippen LogP contribution in [0.15, 0.2) is 10.3 Å². The molecule has 1 unspecified atom stereocenters. The maximum absolute atomic E-state index is 4.08. The molecule has 0 aliphatic carbocycles. The number of anilines is 1. The Hall–Kier alpha value is 0.107. The van der Waals surface area contributed by atoms with E-state index in [0.29, 0.717) is 16.3 Å². The Balaban J connectivity index is 2.14. The number of aromatic nitrogens is 3. The molecule has 0 aliphatic heterocycles. The summed E-state index contributed by atoms with van der Waals surface area (Å²) in [5.41, 5.74) is 0. The number of nitrogens with zero attached hydrogens (tertiary/aromatic N) is 3. The van der Waals surface area contributed by atoms with Gasteiger partial charge in [0.05, 0.1) is 0 Å². The molecule has 1 atom stereocenters. The molecule has 0 spiro atoms. The standard InChI is InChI=1S/C11H19N4S2.Li/c1-2-3-4-5-6-7-8-12-9-13-10(16)15-11(17)14-9;/h3H,2,4-8H2,1H3,(H3,12,13,14,15,16,17);. The van der Waals surface area contributed by atoms with Gasteiger partial charge in [0.25, 0.3) is 0 Å². The van der Waals surface area contributed by atoms with E-state index in [0.717, 1.165) is 17.6 Å². The van der Waals surface area contributed by atoms with Gasteiger partial charge in [-0.2, -0.15) is 0 Å². The zero-order valence-electron chi connectivity index (χ0n) is 11.1. The predicted molar refractivity (Wildman–Crippen MR) is 81.1 cm³/mol. The number of nitrogens with one attached hydrogen (secondary N) is 1. The topological polar surface area (TPSA) is 50.7 Å². The van der Waals surface area contributed by atoms with E-state index >= 15 is 0 Å². The summed E-state index contributed by atoms with van der Waals surface area (Å²) in [6.07, 6.45) is 6.27. The van der Waals surface area contributed by atoms with Crippen molar-refractivity contribution in [1.82, 2.24) is 15.0 Å². The molecular formula is C11H19LiN4S2. The first-order chi connectivity index (χ1) is 8.61. The van der Waals surface area contributed by atoms with Crippen LogP contribution >= 0.6 is 25.3 Å². The summed E-state index contributed by atoms with van der Waals surface area (Å²) in [4.78, 5) is 12.0. The van der Waals surface area contributed by atoms with Crippen molar-refractivity contribution in [3.05, 3.63) is 0 Å². The summed E-state index contributed by atoms with van der Waals surface area (Å²) in [5, 5.41) is 3.96. The van der Waals surface area contributed by atoms with Crippen molar-refractivity contribution in [3.63, 3.8) is 0 Å². The number of unbranched alkanes of at least 4 members (excludes halogenated alkanes) is 2. The summed E-state index contributed by atoms with van der Waals surface area (Å²) in [7, 11) is 0. The minimum absolute atomic E-state index is 0.397. The number of rotatable bonds is 8. The van der Waals surface area contributed by atoms with E-state index in [1.165, 1.54) is 25.7 Å². The molecule has 0 aliphatic rings. The molecule has 0 saturated heterocycles. The van der Waals surface area contributed by atoms with Gasteiger partial charge in [0.2, 0.25) is 0 Å². The van der Waals surface area contributed by atoms with Gasteiger partial charge in [0.15, 0.2) is 0 Å². The number of thiol groups is 2. The van der Waals surface area contributed by atoms with Gasteiger partial charge in [-0.15, -0.1) is 0 Å². The molecule has 0 fully saturated rings. The van der Waals surface area contributed by atoms with Crippen LogP contribution in [0.2, 0.25) is 4.59 Å². The molecule has 1 rings (SSSR count). The van der Waals surface area contributed by atoms with E-state index in [-0.39, 0.29) is 0 Å². The Morgan fingerprint density at radius 2 is 1.78 bits per heavy atom. The molecule has 0 bridgehead atoms. The molecule has 96 valence electrons. The predicted octanol–water partition coefficient (Wildman–Crippen LogP) is 2.79. The Bertz CT molecular complexity index is 345. The molecule has 1 aromatic rings. The molecule has 0 amide bonds. The number of hydrogen-bond donors (Lipinski definition) is 3. The number of hydrogen-bond acceptors (Lipinski definition) is 6. The fourth-order valence-electron chi connectivity index (χ4n) is 1.63. The molecular weight excluding hydrogens is 259 g/mol. The van der Waals surface area contributed by atoms with Crippen LogP contribution in [-0.2, 0) is 0 Å². The summed E-state index contributed by atoms with van der Waals surface area (Å²) in [5.74, 6) is 0.557. The van der Waals surface area contributed by atoms with Gasteiger partial charge in [0.1, 0.15) is 0 Å². The molecule has 18 heavy (non-hydrogen) atoms. The molecule has 0 saturated carbocycles. The second-order valence-electron chi connectivity index (χ2n) is 4.55. The SMILES string of the molecule is [Li][CH](CC)CCCCCNc1nc(S)nc(S)n1. The molecule has 1 aromatic heterocycles. The molecule has 7 heteroatoms. The van der Waals surface area contributed by atoms with Gasteiger partial charge < -0.3 is 0 Å². The van der Waals surface area contributed by atoms with E-state index in [1.54, 1.807) is 0 Å². The van der Waals surface area contributed by atoms with E-state index < -0.39 is 0 Å². The van der Waals surface area contributed by atoms with Crippen LogP contribution in [0.4, 0.5) is 5.95 Å². The van der Waals surface area contributed by atoms with Crippen molar-refractivity contribution in [2.45, 2.75) is 53.9 Å². The third-order valence-electron chi connectivity index (χ3n) is 2.97. The van der Waals surface area contributed by atoms with Crippen molar-refractivity contribution in [2.24, 2.45) is 0 Å². The average molecular weight is 278 g/mol. The van der Waals surface area contributed by atoms with Crippen molar-refractivity contribution >= 4 is 48.9 Å². The van der Waals surface area contributed by atoms with Crippen LogP contribution in [0.25, 0.3) is 0 Å². The summed E-state index contributed by atoms with van der Waals surface area (Å²) < 4.78 is 0.847. The third-order valence-corrected chi connectivity index (χ3v) is 3.37. The van der Waals surface area contributed by atoms with E-state index in [9.17, 15) is 0 Å². The second-order valence-corrected chi connectivity index (χ2v) is 5.35. The first kappa shape index (κ1) is 16.2. The summed E-state index contributed by atoms with van der Waals surface area (Å²) >= 11 is 10.5. The van der Waals surface area contributed by atoms with E-state index in [2.05, 4.69) is 70.2 Å². The van der Waals surface area contributed by atoms with Crippen LogP contribution in [0.5, 0.6) is 0 Å². The van der Waals surface area contributed by atoms with Gasteiger partial charge in [-0.1, -0.05) is 0 Å². The van der Waals surface area contributed by atoms with Crippen LogP contribution in [0, 0.1) is 0 Å². The van der Waals surface area contributed by atoms with Gasteiger partial charge in [-0.3, -0.25) is 0 Å². The Labute approximate surface area is 129 Å². The Morgan fingerprint density at radius 3 is 2.39 bits per heavy atom. The first-order valence-electron chi connectivity index (χ1n) is 6.49. The zero-order chi connectivity index (χ0) is 13.4. The molecule has 0 radical (unpaired) electrons. The molecule has 1 N–H and O–H groups in total. The Morgan fingerprint density at radius 1 is 1.11 bits per heavy atom.